The van der Waals surface area contributed by atoms with E-state index in [2.05, 4.69) is 22.0 Å². The molecule has 0 bridgehead atoms. The van der Waals surface area contributed by atoms with E-state index in [9.17, 15) is 0 Å². The first-order valence-corrected chi connectivity index (χ1v) is 5.73. The van der Waals surface area contributed by atoms with E-state index >= 15 is 0 Å². The minimum Gasteiger partial charge on any atom is -0.371 e. The van der Waals surface area contributed by atoms with E-state index in [0.717, 1.165) is 15.8 Å². The minimum atomic E-state index is 0.00120. The molecule has 1 aliphatic rings. The topological polar surface area (TPSA) is 33.0 Å². The molecular weight excluding hydrogens is 250 g/mol. The average Bonchev–Trinajstić information content (AvgIpc) is 2.71. The lowest BCUT2D eigenvalue weighted by atomic mass is 10.0. The maximum absolute atomic E-state index is 8.87. The highest BCUT2D eigenvalue weighted by atomic mass is 79.9. The number of halogens is 1. The molecule has 0 amide bonds. The summed E-state index contributed by atoms with van der Waals surface area (Å²) in [7, 11) is 0. The van der Waals surface area contributed by atoms with Gasteiger partial charge in [0.25, 0.3) is 0 Å². The van der Waals surface area contributed by atoms with Crippen molar-refractivity contribution in [2.75, 3.05) is 6.61 Å². The van der Waals surface area contributed by atoms with Gasteiger partial charge in [-0.3, -0.25) is 0 Å². The molecule has 1 aliphatic heterocycles. The summed E-state index contributed by atoms with van der Waals surface area (Å²) in [5.41, 5.74) is 0. The zero-order chi connectivity index (χ0) is 9.26. The Kier molecular flexibility index (Phi) is 2.68. The van der Waals surface area contributed by atoms with Gasteiger partial charge in [0, 0.05) is 21.3 Å². The molecular formula is C9H8BrNOS. The normalized spacial score (nSPS) is 27.4. The van der Waals surface area contributed by atoms with Gasteiger partial charge in [0.05, 0.1) is 12.0 Å². The highest BCUT2D eigenvalue weighted by Gasteiger charge is 2.30. The van der Waals surface area contributed by atoms with Gasteiger partial charge in [-0.05, 0) is 28.4 Å². The van der Waals surface area contributed by atoms with Crippen LogP contribution in [0.4, 0.5) is 0 Å². The van der Waals surface area contributed by atoms with Crippen molar-refractivity contribution in [2.24, 2.45) is 5.92 Å². The van der Waals surface area contributed by atoms with E-state index in [4.69, 9.17) is 10.00 Å². The Labute approximate surface area is 89.3 Å². The Bertz CT molecular complexity index is 344. The molecule has 4 heteroatoms. The number of thiophene rings is 1. The van der Waals surface area contributed by atoms with E-state index in [1.807, 2.05) is 11.4 Å². The SMILES string of the molecule is N#C[C@@H]1CCO[C@@H]1c1cc(Br)cs1. The molecule has 1 aromatic rings. The molecule has 0 unspecified atom stereocenters. The van der Waals surface area contributed by atoms with Crippen molar-refractivity contribution in [3.63, 3.8) is 0 Å². The molecule has 0 aliphatic carbocycles. The summed E-state index contributed by atoms with van der Waals surface area (Å²) < 4.78 is 6.59. The second kappa shape index (κ2) is 3.79. The van der Waals surface area contributed by atoms with E-state index in [1.165, 1.54) is 0 Å². The first kappa shape index (κ1) is 9.20. The molecule has 1 fully saturated rings. The number of hydrogen-bond acceptors (Lipinski definition) is 3. The number of rotatable bonds is 1. The van der Waals surface area contributed by atoms with E-state index in [-0.39, 0.29) is 12.0 Å². The van der Waals surface area contributed by atoms with Gasteiger partial charge in [-0.15, -0.1) is 11.3 Å². The van der Waals surface area contributed by atoms with Gasteiger partial charge in [0.2, 0.25) is 0 Å². The average molecular weight is 258 g/mol. The quantitative estimate of drug-likeness (QED) is 0.775. The summed E-state index contributed by atoms with van der Waals surface area (Å²) in [4.78, 5) is 1.15. The summed E-state index contributed by atoms with van der Waals surface area (Å²) in [5, 5.41) is 10.9. The molecule has 0 aromatic carbocycles. The Morgan fingerprint density at radius 2 is 2.54 bits per heavy atom. The fraction of sp³-hybridized carbons (Fsp3) is 0.444. The smallest absolute Gasteiger partial charge is 0.108 e. The Morgan fingerprint density at radius 3 is 3.15 bits per heavy atom. The molecule has 0 saturated carbocycles. The van der Waals surface area contributed by atoms with Crippen molar-refractivity contribution in [2.45, 2.75) is 12.5 Å². The lowest BCUT2D eigenvalue weighted by molar-refractivity contribution is 0.103. The van der Waals surface area contributed by atoms with Crippen LogP contribution in [0.2, 0.25) is 0 Å². The Balaban J connectivity index is 2.21. The third kappa shape index (κ3) is 1.78. The van der Waals surface area contributed by atoms with Gasteiger partial charge in [0.15, 0.2) is 0 Å². The van der Waals surface area contributed by atoms with Gasteiger partial charge < -0.3 is 4.74 Å². The Morgan fingerprint density at radius 1 is 1.69 bits per heavy atom. The van der Waals surface area contributed by atoms with Crippen LogP contribution in [-0.2, 0) is 4.74 Å². The predicted octanol–water partition coefficient (Wildman–Crippen LogP) is 3.11. The molecule has 2 nitrogen and oxygen atoms in total. The first-order valence-electron chi connectivity index (χ1n) is 4.06. The third-order valence-electron chi connectivity index (χ3n) is 2.13. The van der Waals surface area contributed by atoms with E-state index < -0.39 is 0 Å². The maximum Gasteiger partial charge on any atom is 0.108 e. The fourth-order valence-electron chi connectivity index (χ4n) is 1.48. The third-order valence-corrected chi connectivity index (χ3v) is 3.88. The van der Waals surface area contributed by atoms with Crippen LogP contribution in [0, 0.1) is 17.2 Å². The zero-order valence-corrected chi connectivity index (χ0v) is 9.27. The van der Waals surface area contributed by atoms with Crippen molar-refractivity contribution in [1.82, 2.24) is 0 Å². The van der Waals surface area contributed by atoms with Crippen molar-refractivity contribution in [3.8, 4) is 6.07 Å². The molecule has 0 N–H and O–H groups in total. The van der Waals surface area contributed by atoms with E-state index in [1.54, 1.807) is 11.3 Å². The number of ether oxygens (including phenoxy) is 1. The van der Waals surface area contributed by atoms with Crippen LogP contribution in [-0.4, -0.2) is 6.61 Å². The van der Waals surface area contributed by atoms with Crippen molar-refractivity contribution in [1.29, 1.82) is 5.26 Å². The van der Waals surface area contributed by atoms with Crippen molar-refractivity contribution < 1.29 is 4.74 Å². The summed E-state index contributed by atoms with van der Waals surface area (Å²) in [6, 6.07) is 4.32. The molecule has 1 saturated heterocycles. The first-order chi connectivity index (χ1) is 6.31. The highest BCUT2D eigenvalue weighted by Crippen LogP contribution is 2.38. The van der Waals surface area contributed by atoms with Crippen LogP contribution >= 0.6 is 27.3 Å². The lowest BCUT2D eigenvalue weighted by Gasteiger charge is -2.09. The van der Waals surface area contributed by atoms with Crippen LogP contribution in [0.25, 0.3) is 0 Å². The van der Waals surface area contributed by atoms with Crippen LogP contribution in [0.15, 0.2) is 15.9 Å². The maximum atomic E-state index is 8.87. The predicted molar refractivity (Wildman–Crippen MR) is 54.4 cm³/mol. The van der Waals surface area contributed by atoms with Crippen molar-refractivity contribution in [3.05, 3.63) is 20.8 Å². The molecule has 0 spiro atoms. The molecule has 2 rings (SSSR count). The zero-order valence-electron chi connectivity index (χ0n) is 6.87. The van der Waals surface area contributed by atoms with Gasteiger partial charge in [-0.2, -0.15) is 5.26 Å². The molecule has 0 radical (unpaired) electrons. The molecule has 68 valence electrons. The minimum absolute atomic E-state index is 0.00120. The number of hydrogen-bond donors (Lipinski definition) is 0. The van der Waals surface area contributed by atoms with Crippen LogP contribution in [0.5, 0.6) is 0 Å². The number of nitriles is 1. The van der Waals surface area contributed by atoms with Crippen LogP contribution in [0.3, 0.4) is 0 Å². The number of nitrogens with zero attached hydrogens (tertiary/aromatic N) is 1. The second-order valence-corrected chi connectivity index (χ2v) is 4.84. The fourth-order valence-corrected chi connectivity index (χ4v) is 3.04. The van der Waals surface area contributed by atoms with Gasteiger partial charge in [-0.25, -0.2) is 0 Å². The molecule has 2 heterocycles. The second-order valence-electron chi connectivity index (χ2n) is 2.98. The monoisotopic (exact) mass is 257 g/mol. The Hall–Kier alpha value is -0.370. The molecule has 2 atom stereocenters. The van der Waals surface area contributed by atoms with Crippen LogP contribution in [0.1, 0.15) is 17.4 Å². The summed E-state index contributed by atoms with van der Waals surface area (Å²) >= 11 is 5.04. The molecule has 13 heavy (non-hydrogen) atoms. The van der Waals surface area contributed by atoms with Gasteiger partial charge in [0.1, 0.15) is 6.10 Å². The lowest BCUT2D eigenvalue weighted by Crippen LogP contribution is -2.02. The summed E-state index contributed by atoms with van der Waals surface area (Å²) in [6.07, 6.45) is 0.859. The van der Waals surface area contributed by atoms with E-state index in [0.29, 0.717) is 6.61 Å². The molecule has 1 aromatic heterocycles. The summed E-state index contributed by atoms with van der Waals surface area (Å²) in [5.74, 6) is 0.0329. The summed E-state index contributed by atoms with van der Waals surface area (Å²) in [6.45, 7) is 0.707. The van der Waals surface area contributed by atoms with Gasteiger partial charge >= 0.3 is 0 Å². The van der Waals surface area contributed by atoms with Crippen molar-refractivity contribution >= 4 is 27.3 Å². The largest absolute Gasteiger partial charge is 0.371 e. The standard InChI is InChI=1S/C9H8BrNOS/c10-7-3-8(13-5-7)9-6(4-11)1-2-12-9/h3,5-6,9H,1-2H2/t6-,9-/m0/s1. The highest BCUT2D eigenvalue weighted by molar-refractivity contribution is 9.10. The van der Waals surface area contributed by atoms with Crippen LogP contribution < -0.4 is 0 Å². The van der Waals surface area contributed by atoms with Gasteiger partial charge in [-0.1, -0.05) is 0 Å².